The van der Waals surface area contributed by atoms with Crippen LogP contribution in [0.1, 0.15) is 11.1 Å². The van der Waals surface area contributed by atoms with Gasteiger partial charge in [0.2, 0.25) is 5.43 Å². The first kappa shape index (κ1) is 19.8. The van der Waals surface area contributed by atoms with E-state index in [1.807, 2.05) is 0 Å². The van der Waals surface area contributed by atoms with Crippen molar-refractivity contribution in [2.24, 2.45) is 0 Å². The topological polar surface area (TPSA) is 34.9 Å². The van der Waals surface area contributed by atoms with Crippen molar-refractivity contribution in [3.8, 4) is 11.3 Å². The molecule has 0 saturated carbocycles. The number of para-hydroxylation sites is 1. The fraction of sp³-hybridized carbons (Fsp3) is 0.0909. The summed E-state index contributed by atoms with van der Waals surface area (Å²) >= 11 is 0. The molecule has 0 aliphatic heterocycles. The highest BCUT2D eigenvalue weighted by Gasteiger charge is 2.35. The molecule has 0 amide bonds. The summed E-state index contributed by atoms with van der Waals surface area (Å²) in [5.74, 6) is -1.98. The third-order valence-corrected chi connectivity index (χ3v) is 4.67. The number of halogens is 5. The molecular formula is C22H13F5N2O. The number of hydrogen-bond acceptors (Lipinski definition) is 2. The lowest BCUT2D eigenvalue weighted by Crippen LogP contribution is -2.18. The van der Waals surface area contributed by atoms with Crippen LogP contribution in [0.25, 0.3) is 22.2 Å². The number of fused-ring (bicyclic) bond motifs is 1. The summed E-state index contributed by atoms with van der Waals surface area (Å²) in [5.41, 5.74) is -2.05. The van der Waals surface area contributed by atoms with Crippen molar-refractivity contribution in [3.63, 3.8) is 0 Å². The van der Waals surface area contributed by atoms with E-state index in [1.54, 1.807) is 18.2 Å². The Hall–Kier alpha value is -3.55. The zero-order valence-electron chi connectivity index (χ0n) is 15.3. The van der Waals surface area contributed by atoms with E-state index in [4.69, 9.17) is 0 Å². The molecule has 3 aromatic carbocycles. The Morgan fingerprint density at radius 3 is 2.27 bits per heavy atom. The highest BCUT2D eigenvalue weighted by atomic mass is 19.4. The van der Waals surface area contributed by atoms with Crippen molar-refractivity contribution < 1.29 is 22.0 Å². The standard InChI is InChI=1S/C22H13F5N2O/c23-14-10-8-13(9-11-14)12-29-18-7-2-1-4-15(18)21(30)20(28-29)16-5-3-6-17(19(16)24)22(25,26)27/h1-11H,12H2. The van der Waals surface area contributed by atoms with Crippen LogP contribution in [0.3, 0.4) is 0 Å². The van der Waals surface area contributed by atoms with Gasteiger partial charge in [0, 0.05) is 10.9 Å². The molecule has 152 valence electrons. The van der Waals surface area contributed by atoms with Crippen LogP contribution in [0, 0.1) is 11.6 Å². The molecule has 1 heterocycles. The van der Waals surface area contributed by atoms with Crippen LogP contribution >= 0.6 is 0 Å². The zero-order chi connectivity index (χ0) is 21.5. The summed E-state index contributed by atoms with van der Waals surface area (Å²) in [5, 5.41) is 4.36. The van der Waals surface area contributed by atoms with Crippen molar-refractivity contribution in [2.75, 3.05) is 0 Å². The van der Waals surface area contributed by atoms with Gasteiger partial charge >= 0.3 is 6.18 Å². The minimum atomic E-state index is -4.91. The Kier molecular flexibility index (Phi) is 4.85. The molecule has 0 atom stereocenters. The molecule has 8 heteroatoms. The molecule has 4 rings (SSSR count). The van der Waals surface area contributed by atoms with E-state index < -0.39 is 40.1 Å². The monoisotopic (exact) mass is 416 g/mol. The zero-order valence-corrected chi connectivity index (χ0v) is 15.3. The SMILES string of the molecule is O=c1c(-c2cccc(C(F)(F)F)c2F)nn(Cc2ccc(F)cc2)c2ccccc12. The van der Waals surface area contributed by atoms with Gasteiger partial charge < -0.3 is 0 Å². The van der Waals surface area contributed by atoms with Gasteiger partial charge in [-0.3, -0.25) is 9.48 Å². The molecule has 0 N–H and O–H groups in total. The van der Waals surface area contributed by atoms with Crippen LogP contribution in [-0.4, -0.2) is 9.78 Å². The Morgan fingerprint density at radius 2 is 1.57 bits per heavy atom. The first-order valence-corrected chi connectivity index (χ1v) is 8.86. The second-order valence-corrected chi connectivity index (χ2v) is 6.64. The maximum absolute atomic E-state index is 14.7. The number of aromatic nitrogens is 2. The van der Waals surface area contributed by atoms with Gasteiger partial charge in [-0.25, -0.2) is 8.78 Å². The Bertz CT molecular complexity index is 1290. The van der Waals surface area contributed by atoms with Crippen LogP contribution in [0.5, 0.6) is 0 Å². The first-order valence-electron chi connectivity index (χ1n) is 8.86. The van der Waals surface area contributed by atoms with Crippen LogP contribution in [0.15, 0.2) is 71.5 Å². The summed E-state index contributed by atoms with van der Waals surface area (Å²) in [6.07, 6.45) is -4.91. The van der Waals surface area contributed by atoms with E-state index in [0.29, 0.717) is 17.1 Å². The number of hydrogen-bond donors (Lipinski definition) is 0. The quantitative estimate of drug-likeness (QED) is 0.419. The Balaban J connectivity index is 1.95. The van der Waals surface area contributed by atoms with Gasteiger partial charge in [0.05, 0.1) is 17.6 Å². The van der Waals surface area contributed by atoms with Crippen LogP contribution < -0.4 is 5.43 Å². The summed E-state index contributed by atoms with van der Waals surface area (Å²) in [6.45, 7) is 0.106. The fourth-order valence-electron chi connectivity index (χ4n) is 3.23. The summed E-state index contributed by atoms with van der Waals surface area (Å²) in [4.78, 5) is 12.9. The van der Waals surface area contributed by atoms with Crippen LogP contribution in [0.4, 0.5) is 22.0 Å². The first-order chi connectivity index (χ1) is 14.3. The predicted octanol–water partition coefficient (Wildman–Crippen LogP) is 5.41. The molecule has 3 nitrogen and oxygen atoms in total. The smallest absolute Gasteiger partial charge is 0.287 e. The maximum atomic E-state index is 14.7. The molecule has 0 unspecified atom stereocenters. The van der Waals surface area contributed by atoms with Gasteiger partial charge in [-0.05, 0) is 42.0 Å². The predicted molar refractivity (Wildman–Crippen MR) is 102 cm³/mol. The number of benzene rings is 3. The molecule has 0 spiro atoms. The van der Waals surface area contributed by atoms with Crippen molar-refractivity contribution in [1.29, 1.82) is 0 Å². The Morgan fingerprint density at radius 1 is 0.867 bits per heavy atom. The highest BCUT2D eigenvalue weighted by Crippen LogP contribution is 2.34. The van der Waals surface area contributed by atoms with Gasteiger partial charge in [0.1, 0.15) is 17.3 Å². The van der Waals surface area contributed by atoms with Crippen molar-refractivity contribution in [3.05, 3.63) is 99.7 Å². The molecular weight excluding hydrogens is 403 g/mol. The summed E-state index contributed by atoms with van der Waals surface area (Å²) < 4.78 is 68.6. The number of nitrogens with zero attached hydrogens (tertiary/aromatic N) is 2. The van der Waals surface area contributed by atoms with E-state index in [2.05, 4.69) is 5.10 Å². The molecule has 0 radical (unpaired) electrons. The van der Waals surface area contributed by atoms with E-state index in [0.717, 1.165) is 12.1 Å². The summed E-state index contributed by atoms with van der Waals surface area (Å²) in [6, 6.07) is 14.7. The maximum Gasteiger partial charge on any atom is 0.419 e. The minimum absolute atomic E-state index is 0.106. The Labute approximate surface area is 167 Å². The van der Waals surface area contributed by atoms with Gasteiger partial charge in [0.25, 0.3) is 0 Å². The third-order valence-electron chi connectivity index (χ3n) is 4.67. The number of alkyl halides is 3. The fourth-order valence-corrected chi connectivity index (χ4v) is 3.23. The molecule has 1 aromatic heterocycles. The lowest BCUT2D eigenvalue weighted by atomic mass is 10.0. The molecule has 0 saturated heterocycles. The van der Waals surface area contributed by atoms with Crippen molar-refractivity contribution in [2.45, 2.75) is 12.7 Å². The molecule has 4 aromatic rings. The van der Waals surface area contributed by atoms with Gasteiger partial charge in [-0.2, -0.15) is 18.3 Å². The average molecular weight is 416 g/mol. The number of rotatable bonds is 3. The average Bonchev–Trinajstić information content (AvgIpc) is 2.71. The molecule has 0 fully saturated rings. The van der Waals surface area contributed by atoms with Crippen LogP contribution in [0.2, 0.25) is 0 Å². The minimum Gasteiger partial charge on any atom is -0.287 e. The van der Waals surface area contributed by atoms with Crippen LogP contribution in [-0.2, 0) is 12.7 Å². The van der Waals surface area contributed by atoms with E-state index in [9.17, 15) is 26.7 Å². The lowest BCUT2D eigenvalue weighted by molar-refractivity contribution is -0.139. The second kappa shape index (κ2) is 7.37. The molecule has 30 heavy (non-hydrogen) atoms. The van der Waals surface area contributed by atoms with E-state index in [-0.39, 0.29) is 11.9 Å². The second-order valence-electron chi connectivity index (χ2n) is 6.64. The molecule has 0 bridgehead atoms. The largest absolute Gasteiger partial charge is 0.419 e. The third kappa shape index (κ3) is 3.56. The van der Waals surface area contributed by atoms with Crippen molar-refractivity contribution >= 4 is 10.9 Å². The van der Waals surface area contributed by atoms with E-state index >= 15 is 0 Å². The van der Waals surface area contributed by atoms with Gasteiger partial charge in [-0.1, -0.05) is 30.3 Å². The molecule has 0 aliphatic carbocycles. The van der Waals surface area contributed by atoms with Crippen molar-refractivity contribution in [1.82, 2.24) is 9.78 Å². The summed E-state index contributed by atoms with van der Waals surface area (Å²) in [7, 11) is 0. The van der Waals surface area contributed by atoms with Gasteiger partial charge in [0.15, 0.2) is 0 Å². The van der Waals surface area contributed by atoms with Gasteiger partial charge in [-0.15, -0.1) is 0 Å². The normalized spacial score (nSPS) is 11.8. The lowest BCUT2D eigenvalue weighted by Gasteiger charge is -2.14. The van der Waals surface area contributed by atoms with E-state index in [1.165, 1.54) is 35.0 Å². The molecule has 0 aliphatic rings. The highest BCUT2D eigenvalue weighted by molar-refractivity contribution is 5.82.